The van der Waals surface area contributed by atoms with E-state index in [-0.39, 0.29) is 10.9 Å². The van der Waals surface area contributed by atoms with Gasteiger partial charge in [0.1, 0.15) is 5.82 Å². The van der Waals surface area contributed by atoms with Crippen LogP contribution in [0.15, 0.2) is 12.1 Å². The minimum atomic E-state index is -0.493. The van der Waals surface area contributed by atoms with Crippen LogP contribution < -0.4 is 5.32 Å². The van der Waals surface area contributed by atoms with Gasteiger partial charge in [-0.3, -0.25) is 4.79 Å². The maximum Gasteiger partial charge on any atom is 0.221 e. The third-order valence-electron chi connectivity index (χ3n) is 1.65. The Balaban J connectivity index is 3.10. The molecule has 0 radical (unpaired) electrons. The molecule has 0 heterocycles. The Bertz CT molecular complexity index is 352. The standard InChI is InChI=1S/C9H9ClFNO/c1-5-8(12-6(2)13)4-3-7(10)9(5)11/h3-4H,1-2H3,(H,12,13). The number of rotatable bonds is 1. The van der Waals surface area contributed by atoms with Crippen LogP contribution in [0.5, 0.6) is 0 Å². The molecule has 0 spiro atoms. The van der Waals surface area contributed by atoms with E-state index < -0.39 is 5.82 Å². The molecule has 0 aliphatic rings. The zero-order valence-electron chi connectivity index (χ0n) is 7.32. The summed E-state index contributed by atoms with van der Waals surface area (Å²) in [7, 11) is 0. The molecule has 1 aromatic carbocycles. The Hall–Kier alpha value is -1.09. The highest BCUT2D eigenvalue weighted by molar-refractivity contribution is 6.30. The molecule has 70 valence electrons. The number of nitrogens with one attached hydrogen (secondary N) is 1. The van der Waals surface area contributed by atoms with E-state index in [2.05, 4.69) is 5.32 Å². The number of carbonyl (C=O) groups is 1. The number of anilines is 1. The lowest BCUT2D eigenvalue weighted by molar-refractivity contribution is -0.114. The molecular weight excluding hydrogens is 193 g/mol. The number of carbonyl (C=O) groups excluding carboxylic acids is 1. The van der Waals surface area contributed by atoms with E-state index in [9.17, 15) is 9.18 Å². The zero-order valence-corrected chi connectivity index (χ0v) is 8.07. The lowest BCUT2D eigenvalue weighted by Gasteiger charge is -2.07. The molecule has 0 saturated heterocycles. The number of hydrogen-bond acceptors (Lipinski definition) is 1. The Morgan fingerprint density at radius 1 is 1.54 bits per heavy atom. The molecule has 2 nitrogen and oxygen atoms in total. The van der Waals surface area contributed by atoms with Crippen molar-refractivity contribution in [3.05, 3.63) is 28.5 Å². The molecule has 0 unspecified atom stereocenters. The van der Waals surface area contributed by atoms with Crippen molar-refractivity contribution < 1.29 is 9.18 Å². The van der Waals surface area contributed by atoms with Crippen LogP contribution in [-0.4, -0.2) is 5.91 Å². The Morgan fingerprint density at radius 2 is 2.15 bits per heavy atom. The van der Waals surface area contributed by atoms with Gasteiger partial charge in [-0.1, -0.05) is 11.6 Å². The molecular formula is C9H9ClFNO. The number of amides is 1. The van der Waals surface area contributed by atoms with Crippen LogP contribution in [0.2, 0.25) is 5.02 Å². The Kier molecular flexibility index (Phi) is 2.88. The fourth-order valence-electron chi connectivity index (χ4n) is 0.977. The van der Waals surface area contributed by atoms with E-state index >= 15 is 0 Å². The minimum Gasteiger partial charge on any atom is -0.326 e. The van der Waals surface area contributed by atoms with Crippen molar-refractivity contribution in [1.82, 2.24) is 0 Å². The Labute approximate surface area is 80.7 Å². The van der Waals surface area contributed by atoms with Crippen molar-refractivity contribution in [2.75, 3.05) is 5.32 Å². The fraction of sp³-hybridized carbons (Fsp3) is 0.222. The van der Waals surface area contributed by atoms with E-state index in [0.29, 0.717) is 11.3 Å². The van der Waals surface area contributed by atoms with Gasteiger partial charge in [-0.15, -0.1) is 0 Å². The molecule has 0 aromatic heterocycles. The van der Waals surface area contributed by atoms with E-state index in [1.165, 1.54) is 13.0 Å². The fourth-order valence-corrected chi connectivity index (χ4v) is 1.18. The monoisotopic (exact) mass is 201 g/mol. The molecule has 0 aliphatic carbocycles. The number of hydrogen-bond donors (Lipinski definition) is 1. The molecule has 0 bridgehead atoms. The highest BCUT2D eigenvalue weighted by atomic mass is 35.5. The molecule has 0 aliphatic heterocycles. The highest BCUT2D eigenvalue weighted by Gasteiger charge is 2.08. The average molecular weight is 202 g/mol. The van der Waals surface area contributed by atoms with Crippen LogP contribution >= 0.6 is 11.6 Å². The summed E-state index contributed by atoms with van der Waals surface area (Å²) in [4.78, 5) is 10.7. The van der Waals surface area contributed by atoms with Gasteiger partial charge in [0.05, 0.1) is 5.02 Å². The van der Waals surface area contributed by atoms with Crippen molar-refractivity contribution >= 4 is 23.2 Å². The van der Waals surface area contributed by atoms with Gasteiger partial charge in [-0.05, 0) is 19.1 Å². The van der Waals surface area contributed by atoms with Crippen LogP contribution in [0.3, 0.4) is 0 Å². The van der Waals surface area contributed by atoms with Crippen LogP contribution in [0.1, 0.15) is 12.5 Å². The summed E-state index contributed by atoms with van der Waals surface area (Å²) < 4.78 is 13.2. The van der Waals surface area contributed by atoms with E-state index in [1.807, 2.05) is 0 Å². The second-order valence-corrected chi connectivity index (χ2v) is 3.12. The van der Waals surface area contributed by atoms with Crippen LogP contribution in [0.4, 0.5) is 10.1 Å². The molecule has 4 heteroatoms. The molecule has 1 N–H and O–H groups in total. The summed E-state index contributed by atoms with van der Waals surface area (Å²) >= 11 is 5.53. The summed E-state index contributed by atoms with van der Waals surface area (Å²) in [6.45, 7) is 2.93. The third-order valence-corrected chi connectivity index (χ3v) is 1.94. The zero-order chi connectivity index (χ0) is 10.0. The minimum absolute atomic E-state index is 0.0617. The van der Waals surface area contributed by atoms with Crippen LogP contribution in [0.25, 0.3) is 0 Å². The van der Waals surface area contributed by atoms with Crippen molar-refractivity contribution in [1.29, 1.82) is 0 Å². The van der Waals surface area contributed by atoms with Crippen LogP contribution in [-0.2, 0) is 4.79 Å². The van der Waals surface area contributed by atoms with Gasteiger partial charge in [-0.25, -0.2) is 4.39 Å². The molecule has 1 aromatic rings. The second kappa shape index (κ2) is 3.75. The van der Waals surface area contributed by atoms with Gasteiger partial charge < -0.3 is 5.32 Å². The quantitative estimate of drug-likeness (QED) is 0.744. The first kappa shape index (κ1) is 9.99. The van der Waals surface area contributed by atoms with Gasteiger partial charge in [0.2, 0.25) is 5.91 Å². The smallest absolute Gasteiger partial charge is 0.221 e. The van der Waals surface area contributed by atoms with Gasteiger partial charge in [0, 0.05) is 18.2 Å². The van der Waals surface area contributed by atoms with Gasteiger partial charge in [-0.2, -0.15) is 0 Å². The van der Waals surface area contributed by atoms with Crippen molar-refractivity contribution in [3.63, 3.8) is 0 Å². The summed E-state index contributed by atoms with van der Waals surface area (Å²) in [6, 6.07) is 2.98. The first-order chi connectivity index (χ1) is 6.02. The summed E-state index contributed by atoms with van der Waals surface area (Å²) in [5, 5.41) is 2.57. The Morgan fingerprint density at radius 3 is 2.69 bits per heavy atom. The predicted octanol–water partition coefficient (Wildman–Crippen LogP) is 2.75. The van der Waals surface area contributed by atoms with Gasteiger partial charge in [0.25, 0.3) is 0 Å². The lowest BCUT2D eigenvalue weighted by Crippen LogP contribution is -2.07. The summed E-state index contributed by atoms with van der Waals surface area (Å²) in [6.07, 6.45) is 0. The molecule has 0 atom stereocenters. The molecule has 0 fully saturated rings. The normalized spacial score (nSPS) is 9.85. The molecule has 13 heavy (non-hydrogen) atoms. The third kappa shape index (κ3) is 2.18. The number of benzene rings is 1. The second-order valence-electron chi connectivity index (χ2n) is 2.72. The molecule has 1 rings (SSSR count). The largest absolute Gasteiger partial charge is 0.326 e. The van der Waals surface area contributed by atoms with Crippen molar-refractivity contribution in [2.24, 2.45) is 0 Å². The molecule has 1 amide bonds. The maximum atomic E-state index is 13.2. The number of halogens is 2. The lowest BCUT2D eigenvalue weighted by atomic mass is 10.2. The van der Waals surface area contributed by atoms with E-state index in [4.69, 9.17) is 11.6 Å². The SMILES string of the molecule is CC(=O)Nc1ccc(Cl)c(F)c1C. The van der Waals surface area contributed by atoms with E-state index in [1.54, 1.807) is 13.0 Å². The van der Waals surface area contributed by atoms with Crippen molar-refractivity contribution in [3.8, 4) is 0 Å². The first-order valence-electron chi connectivity index (χ1n) is 3.74. The maximum absolute atomic E-state index is 13.2. The predicted molar refractivity (Wildman–Crippen MR) is 50.5 cm³/mol. The van der Waals surface area contributed by atoms with Gasteiger partial charge in [0.15, 0.2) is 0 Å². The first-order valence-corrected chi connectivity index (χ1v) is 4.12. The highest BCUT2D eigenvalue weighted by Crippen LogP contribution is 2.24. The summed E-state index contributed by atoms with van der Waals surface area (Å²) in [5.41, 5.74) is 0.803. The van der Waals surface area contributed by atoms with E-state index in [0.717, 1.165) is 0 Å². The topological polar surface area (TPSA) is 29.1 Å². The molecule has 0 saturated carbocycles. The van der Waals surface area contributed by atoms with Gasteiger partial charge >= 0.3 is 0 Å². The van der Waals surface area contributed by atoms with Crippen molar-refractivity contribution in [2.45, 2.75) is 13.8 Å². The van der Waals surface area contributed by atoms with Crippen LogP contribution in [0, 0.1) is 12.7 Å². The average Bonchev–Trinajstić information content (AvgIpc) is 2.06. The summed E-state index contributed by atoms with van der Waals surface area (Å²) in [5.74, 6) is -0.724.